The van der Waals surface area contributed by atoms with Gasteiger partial charge in [0.2, 0.25) is 0 Å². The van der Waals surface area contributed by atoms with Gasteiger partial charge in [-0.1, -0.05) is 61.8 Å². The van der Waals surface area contributed by atoms with E-state index in [9.17, 15) is 0 Å². The minimum absolute atomic E-state index is 0.497. The van der Waals surface area contributed by atoms with Gasteiger partial charge < -0.3 is 0 Å². The summed E-state index contributed by atoms with van der Waals surface area (Å²) in [6.07, 6.45) is 17.8. The highest BCUT2D eigenvalue weighted by atomic mass is 14.6. The third-order valence-corrected chi connectivity index (χ3v) is 12.1. The van der Waals surface area contributed by atoms with Gasteiger partial charge >= 0.3 is 0 Å². The van der Waals surface area contributed by atoms with Crippen LogP contribution in [-0.4, -0.2) is 0 Å². The Morgan fingerprint density at radius 3 is 1.28 bits per heavy atom. The standard InChI is InChI=1S/C29H52/c1-21-20-24(21)27(6)18-16-25(2,3)22-10-14-29(8,28(7)12-9-13-28)15-11-23(22)26(4,5)17-19-27/h21-24H,9-20H2,1-8H3. The largest absolute Gasteiger partial charge is 0.0622 e. The molecule has 4 fully saturated rings. The molecule has 168 valence electrons. The predicted octanol–water partition coefficient (Wildman–Crippen LogP) is 9.28. The second-order valence-corrected chi connectivity index (χ2v) is 14.7. The van der Waals surface area contributed by atoms with Crippen LogP contribution in [0.25, 0.3) is 0 Å². The van der Waals surface area contributed by atoms with E-state index in [0.29, 0.717) is 27.1 Å². The van der Waals surface area contributed by atoms with Crippen molar-refractivity contribution in [3.05, 3.63) is 0 Å². The lowest BCUT2D eigenvalue weighted by molar-refractivity contribution is -0.0251. The molecule has 0 amide bonds. The number of rotatable bonds is 2. The highest BCUT2D eigenvalue weighted by Gasteiger charge is 2.55. The number of hydrogen-bond donors (Lipinski definition) is 0. The fourth-order valence-electron chi connectivity index (χ4n) is 8.64. The molecule has 4 aliphatic rings. The molecule has 0 aromatic carbocycles. The normalized spacial score (nSPS) is 48.8. The Hall–Kier alpha value is 0. The van der Waals surface area contributed by atoms with Crippen molar-refractivity contribution in [1.29, 1.82) is 0 Å². The third-order valence-electron chi connectivity index (χ3n) is 12.1. The lowest BCUT2D eigenvalue weighted by Gasteiger charge is -2.53. The monoisotopic (exact) mass is 400 g/mol. The third kappa shape index (κ3) is 3.75. The minimum Gasteiger partial charge on any atom is -0.0622 e. The number of fused-ring (bicyclic) bond motifs is 1. The molecule has 29 heavy (non-hydrogen) atoms. The minimum atomic E-state index is 0.497. The van der Waals surface area contributed by atoms with Crippen molar-refractivity contribution in [1.82, 2.24) is 0 Å². The molecule has 0 bridgehead atoms. The molecule has 0 aliphatic heterocycles. The highest BCUT2D eigenvalue weighted by Crippen LogP contribution is 2.65. The molecule has 0 saturated heterocycles. The van der Waals surface area contributed by atoms with Crippen molar-refractivity contribution in [3.63, 3.8) is 0 Å². The molecule has 0 radical (unpaired) electrons. The van der Waals surface area contributed by atoms with E-state index in [1.54, 1.807) is 0 Å². The van der Waals surface area contributed by atoms with Crippen LogP contribution in [0, 0.1) is 50.7 Å². The Kier molecular flexibility index (Phi) is 5.36. The van der Waals surface area contributed by atoms with Crippen molar-refractivity contribution < 1.29 is 0 Å². The summed E-state index contributed by atoms with van der Waals surface area (Å²) in [6, 6.07) is 0. The Labute approximate surface area is 183 Å². The van der Waals surface area contributed by atoms with Crippen LogP contribution in [0.15, 0.2) is 0 Å². The van der Waals surface area contributed by atoms with Gasteiger partial charge in [0.25, 0.3) is 0 Å². The van der Waals surface area contributed by atoms with Crippen LogP contribution in [0.3, 0.4) is 0 Å². The first-order valence-electron chi connectivity index (χ1n) is 13.3. The lowest BCUT2D eigenvalue weighted by atomic mass is 9.52. The quantitative estimate of drug-likeness (QED) is 0.433. The summed E-state index contributed by atoms with van der Waals surface area (Å²) in [5.41, 5.74) is 2.82. The van der Waals surface area contributed by atoms with Gasteiger partial charge in [-0.2, -0.15) is 0 Å². The first-order valence-corrected chi connectivity index (χ1v) is 13.3. The van der Waals surface area contributed by atoms with Crippen molar-refractivity contribution >= 4 is 0 Å². The van der Waals surface area contributed by atoms with Gasteiger partial charge in [0.15, 0.2) is 0 Å². The zero-order chi connectivity index (χ0) is 21.3. The van der Waals surface area contributed by atoms with Gasteiger partial charge in [0, 0.05) is 0 Å². The Bertz CT molecular complexity index is 574. The number of hydrogen-bond acceptors (Lipinski definition) is 0. The van der Waals surface area contributed by atoms with E-state index in [1.165, 1.54) is 77.0 Å². The summed E-state index contributed by atoms with van der Waals surface area (Å²) in [5.74, 6) is 3.84. The van der Waals surface area contributed by atoms with Crippen LogP contribution in [0.5, 0.6) is 0 Å². The van der Waals surface area contributed by atoms with E-state index in [-0.39, 0.29) is 0 Å². The molecule has 0 nitrogen and oxygen atoms in total. The fourth-order valence-corrected chi connectivity index (χ4v) is 8.64. The van der Waals surface area contributed by atoms with Gasteiger partial charge in [-0.15, -0.1) is 0 Å². The van der Waals surface area contributed by atoms with Crippen LogP contribution in [0.2, 0.25) is 0 Å². The maximum Gasteiger partial charge on any atom is -0.0272 e. The Morgan fingerprint density at radius 1 is 0.517 bits per heavy atom. The van der Waals surface area contributed by atoms with E-state index in [4.69, 9.17) is 0 Å². The van der Waals surface area contributed by atoms with E-state index < -0.39 is 0 Å². The molecule has 0 N–H and O–H groups in total. The highest BCUT2D eigenvalue weighted by molar-refractivity contribution is 5.05. The van der Waals surface area contributed by atoms with Crippen LogP contribution in [0.1, 0.15) is 132 Å². The molecule has 0 heterocycles. The molecule has 0 aromatic heterocycles. The van der Waals surface area contributed by atoms with Gasteiger partial charge in [0.1, 0.15) is 0 Å². The second kappa shape index (κ2) is 7.00. The fraction of sp³-hybridized carbons (Fsp3) is 1.00. The molecule has 0 aromatic rings. The summed E-state index contributed by atoms with van der Waals surface area (Å²) in [7, 11) is 0. The van der Waals surface area contributed by atoms with Gasteiger partial charge in [0.05, 0.1) is 0 Å². The van der Waals surface area contributed by atoms with E-state index >= 15 is 0 Å². The summed E-state index contributed by atoms with van der Waals surface area (Å²) in [4.78, 5) is 0. The maximum absolute atomic E-state index is 2.68. The molecule has 4 aliphatic carbocycles. The van der Waals surface area contributed by atoms with Gasteiger partial charge in [-0.25, -0.2) is 0 Å². The first-order chi connectivity index (χ1) is 13.3. The topological polar surface area (TPSA) is 0 Å². The van der Waals surface area contributed by atoms with Crippen LogP contribution in [-0.2, 0) is 0 Å². The van der Waals surface area contributed by atoms with Gasteiger partial charge in [-0.05, 0) is 121 Å². The molecule has 0 heteroatoms. The van der Waals surface area contributed by atoms with Crippen LogP contribution >= 0.6 is 0 Å². The lowest BCUT2D eigenvalue weighted by Crippen LogP contribution is -2.42. The van der Waals surface area contributed by atoms with E-state index in [1.807, 2.05) is 0 Å². The molecule has 4 rings (SSSR count). The summed E-state index contributed by atoms with van der Waals surface area (Å²) in [6.45, 7) is 21.1. The predicted molar refractivity (Wildman–Crippen MR) is 127 cm³/mol. The molecular formula is C29H52. The van der Waals surface area contributed by atoms with E-state index in [2.05, 4.69) is 55.4 Å². The summed E-state index contributed by atoms with van der Waals surface area (Å²) >= 11 is 0. The Balaban J connectivity index is 1.61. The second-order valence-electron chi connectivity index (χ2n) is 14.7. The van der Waals surface area contributed by atoms with Crippen LogP contribution in [0.4, 0.5) is 0 Å². The van der Waals surface area contributed by atoms with Crippen molar-refractivity contribution in [2.75, 3.05) is 0 Å². The molecule has 4 saturated carbocycles. The van der Waals surface area contributed by atoms with E-state index in [0.717, 1.165) is 23.7 Å². The molecule has 4 atom stereocenters. The first kappa shape index (κ1) is 22.2. The van der Waals surface area contributed by atoms with Crippen molar-refractivity contribution in [2.45, 2.75) is 132 Å². The zero-order valence-electron chi connectivity index (χ0n) is 21.3. The average molecular weight is 401 g/mol. The molecule has 0 spiro atoms. The van der Waals surface area contributed by atoms with Gasteiger partial charge in [-0.3, -0.25) is 0 Å². The summed E-state index contributed by atoms with van der Waals surface area (Å²) < 4.78 is 0. The Morgan fingerprint density at radius 2 is 0.931 bits per heavy atom. The van der Waals surface area contributed by atoms with Crippen molar-refractivity contribution in [3.8, 4) is 0 Å². The zero-order valence-corrected chi connectivity index (χ0v) is 21.3. The smallest absolute Gasteiger partial charge is 0.0272 e. The van der Waals surface area contributed by atoms with Crippen molar-refractivity contribution in [2.24, 2.45) is 50.7 Å². The maximum atomic E-state index is 2.68. The SMILES string of the molecule is CC1CC1C1(C)CCC(C)(C)C2CCC(C)(C3(C)CCC3)CCC2C(C)(C)CC1. The molecule has 4 unspecified atom stereocenters. The average Bonchev–Trinajstić information content (AvgIpc) is 3.37. The van der Waals surface area contributed by atoms with Crippen LogP contribution < -0.4 is 0 Å². The molecular weight excluding hydrogens is 348 g/mol. The summed E-state index contributed by atoms with van der Waals surface area (Å²) in [5, 5.41) is 0.